The number of amides is 1. The normalized spacial score (nSPS) is 11.2. The lowest BCUT2D eigenvalue weighted by Gasteiger charge is -2.11. The van der Waals surface area contributed by atoms with E-state index in [1.807, 2.05) is 0 Å². The van der Waals surface area contributed by atoms with Crippen molar-refractivity contribution in [1.82, 2.24) is 5.32 Å². The summed E-state index contributed by atoms with van der Waals surface area (Å²) in [7, 11) is 0. The van der Waals surface area contributed by atoms with Gasteiger partial charge in [-0.1, -0.05) is 15.9 Å². The third-order valence-corrected chi connectivity index (χ3v) is 2.51. The summed E-state index contributed by atoms with van der Waals surface area (Å²) in [6.07, 6.45) is -4.38. The first-order chi connectivity index (χ1) is 8.29. The van der Waals surface area contributed by atoms with Gasteiger partial charge in [0.1, 0.15) is 0 Å². The Labute approximate surface area is 111 Å². The molecule has 0 aliphatic rings. The van der Waals surface area contributed by atoms with Crippen molar-refractivity contribution in [3.05, 3.63) is 28.2 Å². The summed E-state index contributed by atoms with van der Waals surface area (Å²) in [5.41, 5.74) is -0.374. The molecular weight excluding hydrogens is 313 g/mol. The Morgan fingerprint density at radius 1 is 1.28 bits per heavy atom. The zero-order chi connectivity index (χ0) is 13.8. The van der Waals surface area contributed by atoms with Crippen molar-refractivity contribution in [2.24, 2.45) is 0 Å². The summed E-state index contributed by atoms with van der Waals surface area (Å²) < 4.78 is 38.0. The molecule has 0 bridgehead atoms. The van der Waals surface area contributed by atoms with E-state index >= 15 is 0 Å². The van der Waals surface area contributed by atoms with Crippen LogP contribution in [0.3, 0.4) is 0 Å². The summed E-state index contributed by atoms with van der Waals surface area (Å²) in [5, 5.41) is 5.35. The average Bonchev–Trinajstić information content (AvgIpc) is 2.22. The molecule has 0 unspecified atom stereocenters. The number of nitrogens with one attached hydrogen (secondary N) is 2. The molecule has 1 aromatic rings. The Morgan fingerprint density at radius 2 is 1.94 bits per heavy atom. The van der Waals surface area contributed by atoms with Crippen molar-refractivity contribution < 1.29 is 18.0 Å². The van der Waals surface area contributed by atoms with Crippen LogP contribution in [0.1, 0.15) is 12.5 Å². The van der Waals surface area contributed by atoms with Gasteiger partial charge in [0, 0.05) is 30.2 Å². The molecule has 0 aliphatic carbocycles. The Morgan fingerprint density at radius 3 is 2.50 bits per heavy atom. The van der Waals surface area contributed by atoms with E-state index in [9.17, 15) is 18.0 Å². The van der Waals surface area contributed by atoms with Crippen molar-refractivity contribution in [3.63, 3.8) is 0 Å². The SMILES string of the molecule is CC(=O)NCCNc1cc(Br)cc(C(F)(F)F)c1. The highest BCUT2D eigenvalue weighted by atomic mass is 79.9. The molecule has 1 aromatic carbocycles. The second-order valence-corrected chi connectivity index (χ2v) is 4.55. The Bertz CT molecular complexity index is 435. The van der Waals surface area contributed by atoms with Gasteiger partial charge in [-0.15, -0.1) is 0 Å². The standard InChI is InChI=1S/C11H12BrF3N2O/c1-7(18)16-2-3-17-10-5-8(11(13,14)15)4-9(12)6-10/h4-6,17H,2-3H2,1H3,(H,16,18). The average molecular weight is 325 g/mol. The van der Waals surface area contributed by atoms with Crippen LogP contribution in [0.2, 0.25) is 0 Å². The zero-order valence-corrected chi connectivity index (χ0v) is 11.2. The fraction of sp³-hybridized carbons (Fsp3) is 0.364. The predicted octanol–water partition coefficient (Wildman–Crippen LogP) is 3.02. The van der Waals surface area contributed by atoms with E-state index in [0.29, 0.717) is 23.2 Å². The second-order valence-electron chi connectivity index (χ2n) is 3.64. The minimum atomic E-state index is -4.38. The van der Waals surface area contributed by atoms with Gasteiger partial charge in [-0.3, -0.25) is 4.79 Å². The Balaban J connectivity index is 2.66. The molecule has 1 rings (SSSR count). The van der Waals surface area contributed by atoms with Gasteiger partial charge in [0.15, 0.2) is 0 Å². The fourth-order valence-electron chi connectivity index (χ4n) is 1.30. The predicted molar refractivity (Wildman–Crippen MR) is 66.3 cm³/mol. The van der Waals surface area contributed by atoms with E-state index in [4.69, 9.17) is 0 Å². The number of rotatable bonds is 4. The minimum absolute atomic E-state index is 0.179. The van der Waals surface area contributed by atoms with Crippen LogP contribution in [-0.2, 0) is 11.0 Å². The third-order valence-electron chi connectivity index (χ3n) is 2.05. The van der Waals surface area contributed by atoms with Crippen molar-refractivity contribution in [1.29, 1.82) is 0 Å². The number of halogens is 4. The number of alkyl halides is 3. The lowest BCUT2D eigenvalue weighted by Crippen LogP contribution is -2.26. The maximum absolute atomic E-state index is 12.5. The van der Waals surface area contributed by atoms with E-state index in [-0.39, 0.29) is 5.91 Å². The summed E-state index contributed by atoms with van der Waals surface area (Å²) in [5.74, 6) is -0.179. The number of anilines is 1. The molecule has 0 saturated carbocycles. The first-order valence-corrected chi connectivity index (χ1v) is 5.94. The summed E-state index contributed by atoms with van der Waals surface area (Å²) in [4.78, 5) is 10.6. The van der Waals surface area contributed by atoms with Gasteiger partial charge in [-0.05, 0) is 18.2 Å². The molecule has 1 amide bonds. The molecule has 0 aliphatic heterocycles. The Kier molecular flexibility index (Phi) is 5.01. The van der Waals surface area contributed by atoms with Crippen LogP contribution in [-0.4, -0.2) is 19.0 Å². The minimum Gasteiger partial charge on any atom is -0.383 e. The summed E-state index contributed by atoms with van der Waals surface area (Å²) in [6, 6.07) is 3.58. The van der Waals surface area contributed by atoms with Gasteiger partial charge in [0.25, 0.3) is 0 Å². The molecule has 3 nitrogen and oxygen atoms in total. The molecule has 0 atom stereocenters. The number of carbonyl (C=O) groups excluding carboxylic acids is 1. The van der Waals surface area contributed by atoms with E-state index < -0.39 is 11.7 Å². The number of benzene rings is 1. The topological polar surface area (TPSA) is 41.1 Å². The van der Waals surface area contributed by atoms with Crippen LogP contribution >= 0.6 is 15.9 Å². The van der Waals surface area contributed by atoms with Crippen LogP contribution in [0.5, 0.6) is 0 Å². The molecular formula is C11H12BrF3N2O. The van der Waals surface area contributed by atoms with E-state index in [2.05, 4.69) is 26.6 Å². The van der Waals surface area contributed by atoms with Gasteiger partial charge < -0.3 is 10.6 Å². The largest absolute Gasteiger partial charge is 0.416 e. The number of hydrogen-bond donors (Lipinski definition) is 2. The van der Waals surface area contributed by atoms with Crippen molar-refractivity contribution in [3.8, 4) is 0 Å². The highest BCUT2D eigenvalue weighted by molar-refractivity contribution is 9.10. The number of hydrogen-bond acceptors (Lipinski definition) is 2. The maximum Gasteiger partial charge on any atom is 0.416 e. The lowest BCUT2D eigenvalue weighted by atomic mass is 10.2. The van der Waals surface area contributed by atoms with Gasteiger partial charge in [0.2, 0.25) is 5.91 Å². The monoisotopic (exact) mass is 324 g/mol. The van der Waals surface area contributed by atoms with Gasteiger partial charge >= 0.3 is 6.18 Å². The highest BCUT2D eigenvalue weighted by Crippen LogP contribution is 2.33. The van der Waals surface area contributed by atoms with Crippen LogP contribution in [0.15, 0.2) is 22.7 Å². The summed E-state index contributed by atoms with van der Waals surface area (Å²) >= 11 is 3.03. The first kappa shape index (κ1) is 14.8. The van der Waals surface area contributed by atoms with Crippen molar-refractivity contribution >= 4 is 27.5 Å². The van der Waals surface area contributed by atoms with Crippen LogP contribution in [0, 0.1) is 0 Å². The molecule has 0 saturated heterocycles. The smallest absolute Gasteiger partial charge is 0.383 e. The summed E-state index contributed by atoms with van der Waals surface area (Å²) in [6.45, 7) is 2.08. The van der Waals surface area contributed by atoms with Crippen molar-refractivity contribution in [2.45, 2.75) is 13.1 Å². The van der Waals surface area contributed by atoms with Crippen LogP contribution in [0.25, 0.3) is 0 Å². The molecule has 0 spiro atoms. The Hall–Kier alpha value is -1.24. The van der Waals surface area contributed by atoms with E-state index in [1.54, 1.807) is 6.07 Å². The quantitative estimate of drug-likeness (QED) is 0.836. The van der Waals surface area contributed by atoms with E-state index in [0.717, 1.165) is 12.1 Å². The van der Waals surface area contributed by atoms with Gasteiger partial charge in [-0.25, -0.2) is 0 Å². The number of carbonyl (C=O) groups is 1. The van der Waals surface area contributed by atoms with Gasteiger partial charge in [0.05, 0.1) is 5.56 Å². The van der Waals surface area contributed by atoms with Crippen molar-refractivity contribution in [2.75, 3.05) is 18.4 Å². The van der Waals surface area contributed by atoms with E-state index in [1.165, 1.54) is 6.92 Å². The second kappa shape index (κ2) is 6.08. The molecule has 0 radical (unpaired) electrons. The molecule has 7 heteroatoms. The third kappa shape index (κ3) is 4.95. The fourth-order valence-corrected chi connectivity index (χ4v) is 1.79. The maximum atomic E-state index is 12.5. The molecule has 2 N–H and O–H groups in total. The lowest BCUT2D eigenvalue weighted by molar-refractivity contribution is -0.137. The van der Waals surface area contributed by atoms with Gasteiger partial charge in [-0.2, -0.15) is 13.2 Å². The molecule has 100 valence electrons. The molecule has 0 heterocycles. The zero-order valence-electron chi connectivity index (χ0n) is 9.57. The first-order valence-electron chi connectivity index (χ1n) is 5.15. The van der Waals surface area contributed by atoms with Crippen LogP contribution in [0.4, 0.5) is 18.9 Å². The molecule has 18 heavy (non-hydrogen) atoms. The molecule has 0 aromatic heterocycles. The molecule has 0 fully saturated rings. The van der Waals surface area contributed by atoms with Crippen LogP contribution < -0.4 is 10.6 Å². The highest BCUT2D eigenvalue weighted by Gasteiger charge is 2.31.